The van der Waals surface area contributed by atoms with E-state index in [4.69, 9.17) is 15.7 Å². The summed E-state index contributed by atoms with van der Waals surface area (Å²) < 4.78 is 25.9. The molecule has 0 aliphatic heterocycles. The van der Waals surface area contributed by atoms with Crippen LogP contribution in [0.5, 0.6) is 0 Å². The fraction of sp³-hybridized carbons (Fsp3) is 0.0385. The number of hydrogen-bond acceptors (Lipinski definition) is 5. The third-order valence-corrected chi connectivity index (χ3v) is 5.05. The van der Waals surface area contributed by atoms with Crippen LogP contribution in [-0.4, -0.2) is 42.0 Å². The largest absolute Gasteiger partial charge is 0.478 e. The lowest BCUT2D eigenvalue weighted by molar-refractivity contribution is 0.0697. The summed E-state index contributed by atoms with van der Waals surface area (Å²) in [5.41, 5.74) is 8.10. The lowest BCUT2D eigenvalue weighted by Gasteiger charge is -2.15. The lowest BCUT2D eigenvalue weighted by atomic mass is 9.90. The molecule has 0 heterocycles. The molecule has 0 saturated carbocycles. The zero-order valence-corrected chi connectivity index (χ0v) is 19.9. The maximum absolute atomic E-state index is 13.1. The summed E-state index contributed by atoms with van der Waals surface area (Å²) >= 11 is 0. The second kappa shape index (κ2) is 10.8. The number of carboxylic acid groups (broad SMARTS) is 1. The smallest absolute Gasteiger partial charge is 0.336 e. The van der Waals surface area contributed by atoms with Crippen LogP contribution in [0.2, 0.25) is 0 Å². The number of nitrogens with two attached hydrogens (primary N) is 1. The number of carbonyl (C=O) groups excluding carboxylic acids is 1. The number of aromatic carboxylic acids is 1. The van der Waals surface area contributed by atoms with Gasteiger partial charge < -0.3 is 16.2 Å². The number of carboxylic acids is 1. The molecule has 0 saturated heterocycles. The molecular formula is C26H23N3O6S. The van der Waals surface area contributed by atoms with Crippen LogP contribution < -0.4 is 11.1 Å². The fourth-order valence-electron chi connectivity index (χ4n) is 3.57. The minimum Gasteiger partial charge on any atom is -0.478 e. The standard InChI is InChI=1S/C25H19N3O3.CH4O3S/c26-23(27)16-9-12-17(13-10-16)28-24(29)20-8-4-3-7-19(20)22-18-6-2-1-5-15(18)11-14-21(22)25(30)31;1-5(2,3)4/h1-14H,(H3,26,27)(H,28,29)(H,30,31);1H3,(H,2,3,4). The van der Waals surface area contributed by atoms with E-state index in [-0.39, 0.29) is 17.3 Å². The molecule has 36 heavy (non-hydrogen) atoms. The number of carbonyl (C=O) groups is 2. The van der Waals surface area contributed by atoms with Gasteiger partial charge in [-0.05, 0) is 52.7 Å². The van der Waals surface area contributed by atoms with E-state index in [0.29, 0.717) is 34.2 Å². The van der Waals surface area contributed by atoms with Crippen LogP contribution in [0.3, 0.4) is 0 Å². The molecule has 0 fully saturated rings. The summed E-state index contributed by atoms with van der Waals surface area (Å²) in [6, 6.07) is 24.4. The molecule has 0 unspecified atom stereocenters. The number of nitrogens with one attached hydrogen (secondary N) is 2. The van der Waals surface area contributed by atoms with Gasteiger partial charge >= 0.3 is 5.97 Å². The number of amidine groups is 1. The molecule has 0 aromatic heterocycles. The van der Waals surface area contributed by atoms with Crippen LogP contribution in [0.4, 0.5) is 5.69 Å². The summed E-state index contributed by atoms with van der Waals surface area (Å²) in [4.78, 5) is 25.1. The molecule has 4 aromatic rings. The zero-order valence-electron chi connectivity index (χ0n) is 19.1. The molecule has 0 atom stereocenters. The molecule has 0 aliphatic carbocycles. The van der Waals surface area contributed by atoms with E-state index >= 15 is 0 Å². The van der Waals surface area contributed by atoms with Gasteiger partial charge in [0.05, 0.1) is 11.8 Å². The predicted molar refractivity (Wildman–Crippen MR) is 139 cm³/mol. The van der Waals surface area contributed by atoms with Crippen LogP contribution >= 0.6 is 0 Å². The van der Waals surface area contributed by atoms with Gasteiger partial charge in [0.2, 0.25) is 0 Å². The van der Waals surface area contributed by atoms with Crippen molar-refractivity contribution in [1.82, 2.24) is 0 Å². The van der Waals surface area contributed by atoms with Crippen LogP contribution in [0.15, 0.2) is 84.9 Å². The molecule has 184 valence electrons. The van der Waals surface area contributed by atoms with Crippen LogP contribution in [-0.2, 0) is 10.1 Å². The first kappa shape index (κ1) is 26.1. The number of anilines is 1. The normalized spacial score (nSPS) is 10.7. The van der Waals surface area contributed by atoms with Crippen molar-refractivity contribution in [3.05, 3.63) is 102 Å². The third-order valence-electron chi connectivity index (χ3n) is 5.05. The molecule has 6 N–H and O–H groups in total. The topological polar surface area (TPSA) is 171 Å². The van der Waals surface area contributed by atoms with Crippen LogP contribution in [0.25, 0.3) is 21.9 Å². The van der Waals surface area contributed by atoms with E-state index in [1.807, 2.05) is 24.3 Å². The summed E-state index contributed by atoms with van der Waals surface area (Å²) in [5.74, 6) is -1.48. The Morgan fingerprint density at radius 3 is 2.06 bits per heavy atom. The van der Waals surface area contributed by atoms with Crippen molar-refractivity contribution in [2.75, 3.05) is 11.6 Å². The van der Waals surface area contributed by atoms with Crippen molar-refractivity contribution in [3.8, 4) is 11.1 Å². The van der Waals surface area contributed by atoms with Crippen LogP contribution in [0.1, 0.15) is 26.3 Å². The number of nitrogen functional groups attached to an aromatic ring is 1. The quantitative estimate of drug-likeness (QED) is 0.153. The second-order valence-corrected chi connectivity index (χ2v) is 9.20. The summed E-state index contributed by atoms with van der Waals surface area (Å²) in [6.07, 6.45) is 0.715. The van der Waals surface area contributed by atoms with E-state index in [1.54, 1.807) is 60.7 Å². The Kier molecular flexibility index (Phi) is 7.83. The first-order valence-corrected chi connectivity index (χ1v) is 12.3. The van der Waals surface area contributed by atoms with Crippen LogP contribution in [0, 0.1) is 5.41 Å². The number of rotatable bonds is 5. The monoisotopic (exact) mass is 505 g/mol. The number of hydrogen-bond donors (Lipinski definition) is 5. The van der Waals surface area contributed by atoms with Crippen molar-refractivity contribution in [2.24, 2.45) is 5.73 Å². The van der Waals surface area contributed by atoms with Gasteiger partial charge in [-0.15, -0.1) is 0 Å². The average Bonchev–Trinajstić information content (AvgIpc) is 2.82. The average molecular weight is 506 g/mol. The van der Waals surface area contributed by atoms with E-state index < -0.39 is 16.1 Å². The number of fused-ring (bicyclic) bond motifs is 1. The highest BCUT2D eigenvalue weighted by molar-refractivity contribution is 7.85. The van der Waals surface area contributed by atoms with Gasteiger partial charge in [0.25, 0.3) is 16.0 Å². The van der Waals surface area contributed by atoms with Gasteiger partial charge in [0.15, 0.2) is 0 Å². The SMILES string of the molecule is CS(=O)(=O)O.N=C(N)c1ccc(NC(=O)c2ccccc2-c2c(C(=O)O)ccc3ccccc23)cc1. The number of amides is 1. The summed E-state index contributed by atoms with van der Waals surface area (Å²) in [7, 11) is -3.67. The van der Waals surface area contributed by atoms with Crippen molar-refractivity contribution in [2.45, 2.75) is 0 Å². The third kappa shape index (κ3) is 6.53. The van der Waals surface area contributed by atoms with E-state index in [9.17, 15) is 23.1 Å². The van der Waals surface area contributed by atoms with Crippen molar-refractivity contribution < 1.29 is 27.7 Å². The molecule has 0 bridgehead atoms. The first-order chi connectivity index (χ1) is 17.0. The minimum absolute atomic E-state index is 0.0552. The molecule has 0 spiro atoms. The fourth-order valence-corrected chi connectivity index (χ4v) is 3.57. The molecule has 4 rings (SSSR count). The summed E-state index contributed by atoms with van der Waals surface area (Å²) in [6.45, 7) is 0. The Morgan fingerprint density at radius 1 is 0.861 bits per heavy atom. The van der Waals surface area contributed by atoms with E-state index in [0.717, 1.165) is 10.8 Å². The highest BCUT2D eigenvalue weighted by Gasteiger charge is 2.20. The minimum atomic E-state index is -3.67. The molecule has 1 amide bonds. The Morgan fingerprint density at radius 2 is 1.44 bits per heavy atom. The van der Waals surface area contributed by atoms with Crippen molar-refractivity contribution >= 4 is 44.3 Å². The van der Waals surface area contributed by atoms with Gasteiger partial charge in [0, 0.05) is 22.4 Å². The molecule has 4 aromatic carbocycles. The Labute approximate surface area is 207 Å². The highest BCUT2D eigenvalue weighted by atomic mass is 32.2. The van der Waals surface area contributed by atoms with Crippen molar-refractivity contribution in [3.63, 3.8) is 0 Å². The van der Waals surface area contributed by atoms with Crippen molar-refractivity contribution in [1.29, 1.82) is 5.41 Å². The highest BCUT2D eigenvalue weighted by Crippen LogP contribution is 2.35. The van der Waals surface area contributed by atoms with Gasteiger partial charge in [-0.1, -0.05) is 48.5 Å². The van der Waals surface area contributed by atoms with Gasteiger partial charge in [-0.25, -0.2) is 4.79 Å². The predicted octanol–water partition coefficient (Wildman–Crippen LogP) is 4.25. The molecule has 10 heteroatoms. The molecular weight excluding hydrogens is 482 g/mol. The van der Waals surface area contributed by atoms with Gasteiger partial charge in [-0.3, -0.25) is 14.8 Å². The summed E-state index contributed by atoms with van der Waals surface area (Å²) in [5, 5.41) is 21.7. The Bertz CT molecular complexity index is 1560. The molecule has 9 nitrogen and oxygen atoms in total. The van der Waals surface area contributed by atoms with Gasteiger partial charge in [0.1, 0.15) is 5.84 Å². The molecule has 0 aliphatic rings. The maximum atomic E-state index is 13.1. The zero-order chi connectivity index (χ0) is 26.5. The van der Waals surface area contributed by atoms with E-state index in [1.165, 1.54) is 0 Å². The lowest BCUT2D eigenvalue weighted by Crippen LogP contribution is -2.15. The van der Waals surface area contributed by atoms with E-state index in [2.05, 4.69) is 5.32 Å². The van der Waals surface area contributed by atoms with Gasteiger partial charge in [-0.2, -0.15) is 8.42 Å². The second-order valence-electron chi connectivity index (χ2n) is 7.74. The Balaban J connectivity index is 0.000000658. The first-order valence-electron chi connectivity index (χ1n) is 10.5. The Hall–Kier alpha value is -4.54. The molecule has 0 radical (unpaired) electrons. The number of benzene rings is 4. The maximum Gasteiger partial charge on any atom is 0.336 e.